The summed E-state index contributed by atoms with van der Waals surface area (Å²) in [6, 6.07) is 6.97. The zero-order valence-electron chi connectivity index (χ0n) is 11.9. The molecule has 0 aliphatic rings. The molecule has 108 valence electrons. The van der Waals surface area contributed by atoms with E-state index in [9.17, 15) is 8.42 Å². The molecule has 1 aromatic carbocycles. The van der Waals surface area contributed by atoms with E-state index in [-0.39, 0.29) is 0 Å². The first-order chi connectivity index (χ1) is 8.95. The summed E-state index contributed by atoms with van der Waals surface area (Å²) in [5.74, 6) is 0.602. The molecule has 0 spiro atoms. The molecule has 1 aromatic rings. The molecule has 0 atom stereocenters. The Hall–Kier alpha value is -0.910. The number of nitrogens with one attached hydrogen (secondary N) is 2. The van der Waals surface area contributed by atoms with Crippen molar-refractivity contribution in [2.45, 2.75) is 38.1 Å². The van der Waals surface area contributed by atoms with Crippen LogP contribution in [0.2, 0.25) is 0 Å². The van der Waals surface area contributed by atoms with Gasteiger partial charge in [0.15, 0.2) is 0 Å². The summed E-state index contributed by atoms with van der Waals surface area (Å²) in [4.78, 5) is 0.330. The summed E-state index contributed by atoms with van der Waals surface area (Å²) in [5, 5.41) is 3.03. The standard InChI is InChI=1S/C14H24N2O2S/c1-12(2)5-4-10-16-19(17,18)14-8-6-13(7-9-14)11-15-3/h6-9,12,15-16H,4-5,10-11H2,1-3H3. The van der Waals surface area contributed by atoms with Crippen LogP contribution < -0.4 is 10.0 Å². The third-order valence-electron chi connectivity index (χ3n) is 2.86. The molecule has 0 unspecified atom stereocenters. The van der Waals surface area contributed by atoms with Crippen LogP contribution in [-0.2, 0) is 16.6 Å². The molecule has 1 rings (SSSR count). The fourth-order valence-corrected chi connectivity index (χ4v) is 2.86. The Kier molecular flexibility index (Phi) is 6.48. The second-order valence-corrected chi connectivity index (χ2v) is 6.88. The van der Waals surface area contributed by atoms with Crippen molar-refractivity contribution in [3.63, 3.8) is 0 Å². The van der Waals surface area contributed by atoms with E-state index in [2.05, 4.69) is 23.9 Å². The number of benzene rings is 1. The third kappa shape index (κ3) is 5.72. The van der Waals surface area contributed by atoms with Crippen LogP contribution in [0.4, 0.5) is 0 Å². The fraction of sp³-hybridized carbons (Fsp3) is 0.571. The predicted octanol–water partition coefficient (Wildman–Crippen LogP) is 2.12. The summed E-state index contributed by atoms with van der Waals surface area (Å²) in [5.41, 5.74) is 1.07. The van der Waals surface area contributed by atoms with E-state index in [4.69, 9.17) is 0 Å². The lowest BCUT2D eigenvalue weighted by atomic mass is 10.1. The normalized spacial score (nSPS) is 12.0. The lowest BCUT2D eigenvalue weighted by molar-refractivity contribution is 0.540. The Bertz CT molecular complexity index is 467. The smallest absolute Gasteiger partial charge is 0.240 e. The third-order valence-corrected chi connectivity index (χ3v) is 4.34. The van der Waals surface area contributed by atoms with Crippen LogP contribution in [-0.4, -0.2) is 22.0 Å². The van der Waals surface area contributed by atoms with E-state index in [1.807, 2.05) is 19.2 Å². The van der Waals surface area contributed by atoms with Gasteiger partial charge in [0.1, 0.15) is 0 Å². The summed E-state index contributed by atoms with van der Waals surface area (Å²) >= 11 is 0. The molecule has 0 aliphatic carbocycles. The van der Waals surface area contributed by atoms with E-state index < -0.39 is 10.0 Å². The predicted molar refractivity (Wildman–Crippen MR) is 78.5 cm³/mol. The average molecular weight is 284 g/mol. The summed E-state index contributed by atoms with van der Waals surface area (Å²) < 4.78 is 26.7. The molecule has 0 saturated carbocycles. The SMILES string of the molecule is CNCc1ccc(S(=O)(=O)NCCCC(C)C)cc1. The maximum Gasteiger partial charge on any atom is 0.240 e. The molecule has 2 N–H and O–H groups in total. The molecule has 0 heterocycles. The van der Waals surface area contributed by atoms with Gasteiger partial charge >= 0.3 is 0 Å². The lowest BCUT2D eigenvalue weighted by Gasteiger charge is -2.08. The summed E-state index contributed by atoms with van der Waals surface area (Å²) in [6.45, 7) is 5.50. The molecular weight excluding hydrogens is 260 g/mol. The van der Waals surface area contributed by atoms with E-state index in [0.29, 0.717) is 17.4 Å². The maximum atomic E-state index is 12.0. The number of rotatable bonds is 8. The molecular formula is C14H24N2O2S. The molecule has 0 bridgehead atoms. The van der Waals surface area contributed by atoms with Gasteiger partial charge in [0.25, 0.3) is 0 Å². The van der Waals surface area contributed by atoms with Crippen LogP contribution in [0, 0.1) is 5.92 Å². The topological polar surface area (TPSA) is 58.2 Å². The van der Waals surface area contributed by atoms with Crippen LogP contribution >= 0.6 is 0 Å². The van der Waals surface area contributed by atoms with Gasteiger partial charge in [0, 0.05) is 13.1 Å². The number of sulfonamides is 1. The fourth-order valence-electron chi connectivity index (χ4n) is 1.79. The molecule has 5 heteroatoms. The van der Waals surface area contributed by atoms with Crippen LogP contribution in [0.1, 0.15) is 32.3 Å². The first-order valence-electron chi connectivity index (χ1n) is 6.69. The molecule has 0 amide bonds. The monoisotopic (exact) mass is 284 g/mol. The Morgan fingerprint density at radius 1 is 1.16 bits per heavy atom. The summed E-state index contributed by atoms with van der Waals surface area (Å²) in [7, 11) is -1.50. The zero-order chi connectivity index (χ0) is 14.3. The minimum Gasteiger partial charge on any atom is -0.316 e. The van der Waals surface area contributed by atoms with Crippen molar-refractivity contribution in [1.82, 2.24) is 10.0 Å². The maximum absolute atomic E-state index is 12.0. The second kappa shape index (κ2) is 7.62. The van der Waals surface area contributed by atoms with Gasteiger partial charge in [-0.3, -0.25) is 0 Å². The Morgan fingerprint density at radius 2 is 1.79 bits per heavy atom. The van der Waals surface area contributed by atoms with E-state index in [1.165, 1.54) is 0 Å². The van der Waals surface area contributed by atoms with Crippen molar-refractivity contribution in [3.05, 3.63) is 29.8 Å². The molecule has 0 aromatic heterocycles. The van der Waals surface area contributed by atoms with Crippen molar-refractivity contribution in [3.8, 4) is 0 Å². The van der Waals surface area contributed by atoms with Crippen molar-refractivity contribution < 1.29 is 8.42 Å². The highest BCUT2D eigenvalue weighted by atomic mass is 32.2. The Balaban J connectivity index is 2.56. The molecule has 0 radical (unpaired) electrons. The number of hydrogen-bond acceptors (Lipinski definition) is 3. The quantitative estimate of drug-likeness (QED) is 0.719. The van der Waals surface area contributed by atoms with E-state index in [0.717, 1.165) is 24.9 Å². The number of hydrogen-bond donors (Lipinski definition) is 2. The average Bonchev–Trinajstić information content (AvgIpc) is 2.36. The van der Waals surface area contributed by atoms with E-state index >= 15 is 0 Å². The van der Waals surface area contributed by atoms with Gasteiger partial charge in [-0.1, -0.05) is 26.0 Å². The van der Waals surface area contributed by atoms with Crippen LogP contribution in [0.5, 0.6) is 0 Å². The van der Waals surface area contributed by atoms with Crippen molar-refractivity contribution in [2.75, 3.05) is 13.6 Å². The largest absolute Gasteiger partial charge is 0.316 e. The zero-order valence-corrected chi connectivity index (χ0v) is 12.8. The van der Waals surface area contributed by atoms with Gasteiger partial charge in [0.05, 0.1) is 4.90 Å². The lowest BCUT2D eigenvalue weighted by Crippen LogP contribution is -2.25. The van der Waals surface area contributed by atoms with Gasteiger partial charge in [-0.15, -0.1) is 0 Å². The summed E-state index contributed by atoms with van der Waals surface area (Å²) in [6.07, 6.45) is 1.90. The Morgan fingerprint density at radius 3 is 2.32 bits per heavy atom. The van der Waals surface area contributed by atoms with Crippen LogP contribution in [0.15, 0.2) is 29.2 Å². The first kappa shape index (κ1) is 16.1. The highest BCUT2D eigenvalue weighted by molar-refractivity contribution is 7.89. The molecule has 0 saturated heterocycles. The second-order valence-electron chi connectivity index (χ2n) is 5.11. The molecule has 4 nitrogen and oxygen atoms in total. The van der Waals surface area contributed by atoms with E-state index in [1.54, 1.807) is 12.1 Å². The highest BCUT2D eigenvalue weighted by Gasteiger charge is 2.12. The van der Waals surface area contributed by atoms with Crippen molar-refractivity contribution in [2.24, 2.45) is 5.92 Å². The minimum absolute atomic E-state index is 0.330. The van der Waals surface area contributed by atoms with Gasteiger partial charge in [-0.2, -0.15) is 0 Å². The van der Waals surface area contributed by atoms with Gasteiger partial charge in [0.2, 0.25) is 10.0 Å². The van der Waals surface area contributed by atoms with Gasteiger partial charge < -0.3 is 5.32 Å². The molecule has 0 fully saturated rings. The molecule has 19 heavy (non-hydrogen) atoms. The minimum atomic E-state index is -3.36. The Labute approximate surface area is 116 Å². The highest BCUT2D eigenvalue weighted by Crippen LogP contribution is 2.11. The van der Waals surface area contributed by atoms with Crippen LogP contribution in [0.25, 0.3) is 0 Å². The first-order valence-corrected chi connectivity index (χ1v) is 8.17. The van der Waals surface area contributed by atoms with Gasteiger partial charge in [-0.05, 0) is 43.5 Å². The molecule has 0 aliphatic heterocycles. The van der Waals surface area contributed by atoms with Gasteiger partial charge in [-0.25, -0.2) is 13.1 Å². The van der Waals surface area contributed by atoms with Crippen molar-refractivity contribution in [1.29, 1.82) is 0 Å². The van der Waals surface area contributed by atoms with Crippen LogP contribution in [0.3, 0.4) is 0 Å². The van der Waals surface area contributed by atoms with Crippen molar-refractivity contribution >= 4 is 10.0 Å².